The molecule has 1 aromatic carbocycles. The summed E-state index contributed by atoms with van der Waals surface area (Å²) < 4.78 is 26.6. The Labute approximate surface area is 120 Å². The summed E-state index contributed by atoms with van der Waals surface area (Å²) in [6.45, 7) is 4.17. The summed E-state index contributed by atoms with van der Waals surface area (Å²) in [6, 6.07) is 3.38. The maximum atomic E-state index is 13.3. The van der Waals surface area contributed by atoms with E-state index < -0.39 is 17.7 Å². The van der Waals surface area contributed by atoms with Gasteiger partial charge < -0.3 is 5.11 Å². The Morgan fingerprint density at radius 2 is 1.90 bits per heavy atom. The molecule has 1 aliphatic carbocycles. The number of aliphatic hydroxyl groups is 1. The van der Waals surface area contributed by atoms with Crippen LogP contribution < -0.4 is 0 Å². The molecule has 0 radical (unpaired) electrons. The third-order valence-corrected chi connectivity index (χ3v) is 4.78. The molecule has 1 aliphatic rings. The lowest BCUT2D eigenvalue weighted by Crippen LogP contribution is -2.24. The topological polar surface area (TPSA) is 33.1 Å². The summed E-state index contributed by atoms with van der Waals surface area (Å²) in [7, 11) is 0. The third-order valence-electron chi connectivity index (χ3n) is 3.53. The molecule has 0 bridgehead atoms. The Hall–Kier alpha value is -1.33. The van der Waals surface area contributed by atoms with E-state index in [-0.39, 0.29) is 5.41 Å². The molecule has 1 aromatic heterocycles. The van der Waals surface area contributed by atoms with E-state index in [0.29, 0.717) is 17.0 Å². The van der Waals surface area contributed by atoms with Gasteiger partial charge in [-0.05, 0) is 30.4 Å². The fourth-order valence-electron chi connectivity index (χ4n) is 2.69. The largest absolute Gasteiger partial charge is 0.387 e. The maximum Gasteiger partial charge on any atom is 0.126 e. The van der Waals surface area contributed by atoms with Crippen molar-refractivity contribution in [3.8, 4) is 10.6 Å². The smallest absolute Gasteiger partial charge is 0.126 e. The fraction of sp³-hybridized carbons (Fsp3) is 0.400. The number of hydrogen-bond acceptors (Lipinski definition) is 3. The van der Waals surface area contributed by atoms with Gasteiger partial charge in [-0.25, -0.2) is 13.8 Å². The lowest BCUT2D eigenvalue weighted by Gasteiger charge is -2.31. The molecular weight excluding hydrogens is 280 g/mol. The van der Waals surface area contributed by atoms with Crippen LogP contribution in [0.2, 0.25) is 0 Å². The van der Waals surface area contributed by atoms with E-state index in [1.165, 1.54) is 23.5 Å². The van der Waals surface area contributed by atoms with Crippen LogP contribution in [0, 0.1) is 17.0 Å². The number of aromatic nitrogens is 1. The van der Waals surface area contributed by atoms with E-state index in [1.807, 2.05) is 0 Å². The number of hydrogen-bond donors (Lipinski definition) is 1. The molecule has 0 aliphatic heterocycles. The maximum absolute atomic E-state index is 13.3. The highest BCUT2D eigenvalue weighted by molar-refractivity contribution is 7.15. The van der Waals surface area contributed by atoms with Gasteiger partial charge in [0.15, 0.2) is 0 Å². The third kappa shape index (κ3) is 2.47. The van der Waals surface area contributed by atoms with Gasteiger partial charge in [-0.1, -0.05) is 13.8 Å². The van der Waals surface area contributed by atoms with Crippen molar-refractivity contribution in [1.29, 1.82) is 0 Å². The van der Waals surface area contributed by atoms with Crippen LogP contribution in [0.15, 0.2) is 18.2 Å². The average molecular weight is 295 g/mol. The minimum absolute atomic E-state index is 0.00898. The van der Waals surface area contributed by atoms with Gasteiger partial charge in [0, 0.05) is 11.6 Å². The van der Waals surface area contributed by atoms with E-state index >= 15 is 0 Å². The van der Waals surface area contributed by atoms with Crippen LogP contribution in [0.4, 0.5) is 8.78 Å². The lowest BCUT2D eigenvalue weighted by molar-refractivity contribution is 0.102. The zero-order chi connectivity index (χ0) is 14.5. The van der Waals surface area contributed by atoms with Gasteiger partial charge >= 0.3 is 0 Å². The van der Waals surface area contributed by atoms with Gasteiger partial charge in [0.1, 0.15) is 16.6 Å². The first-order chi connectivity index (χ1) is 9.34. The number of rotatable bonds is 1. The highest BCUT2D eigenvalue weighted by atomic mass is 32.1. The van der Waals surface area contributed by atoms with Crippen LogP contribution in [0.25, 0.3) is 10.6 Å². The second-order valence-electron chi connectivity index (χ2n) is 6.05. The molecule has 0 fully saturated rings. The van der Waals surface area contributed by atoms with Crippen LogP contribution in [0.1, 0.15) is 36.9 Å². The molecule has 2 nitrogen and oxygen atoms in total. The van der Waals surface area contributed by atoms with Crippen molar-refractivity contribution in [2.24, 2.45) is 5.41 Å². The summed E-state index contributed by atoms with van der Waals surface area (Å²) in [6.07, 6.45) is 0.908. The van der Waals surface area contributed by atoms with Crippen molar-refractivity contribution in [2.45, 2.75) is 32.8 Å². The summed E-state index contributed by atoms with van der Waals surface area (Å²) in [4.78, 5) is 5.30. The molecule has 20 heavy (non-hydrogen) atoms. The Bertz CT molecular complexity index is 646. The Kier molecular flexibility index (Phi) is 3.14. The van der Waals surface area contributed by atoms with E-state index in [9.17, 15) is 13.9 Å². The monoisotopic (exact) mass is 295 g/mol. The van der Waals surface area contributed by atoms with Crippen molar-refractivity contribution in [1.82, 2.24) is 4.98 Å². The molecule has 2 aromatic rings. The van der Waals surface area contributed by atoms with E-state index in [2.05, 4.69) is 18.8 Å². The first kappa shape index (κ1) is 13.6. The lowest BCUT2D eigenvalue weighted by atomic mass is 9.77. The number of thiazole rings is 1. The molecule has 1 unspecified atom stereocenters. The molecule has 1 heterocycles. The standard InChI is InChI=1S/C15H15F2NOS/c1-15(2)6-11-13(12(19)7-15)20-14(18-11)8-3-9(16)5-10(17)4-8/h3-5,12,19H,6-7H2,1-2H3. The predicted octanol–water partition coefficient (Wildman–Crippen LogP) is 4.09. The van der Waals surface area contributed by atoms with E-state index in [1.54, 1.807) is 0 Å². The zero-order valence-electron chi connectivity index (χ0n) is 11.3. The van der Waals surface area contributed by atoms with Crippen LogP contribution in [-0.4, -0.2) is 10.1 Å². The fourth-order valence-corrected chi connectivity index (χ4v) is 3.75. The SMILES string of the molecule is CC1(C)Cc2nc(-c3cc(F)cc(F)c3)sc2C(O)C1. The van der Waals surface area contributed by atoms with Crippen molar-refractivity contribution in [2.75, 3.05) is 0 Å². The second-order valence-corrected chi connectivity index (χ2v) is 7.08. The first-order valence-corrected chi connectivity index (χ1v) is 7.30. The van der Waals surface area contributed by atoms with E-state index in [4.69, 9.17) is 0 Å². The second kappa shape index (κ2) is 4.60. The van der Waals surface area contributed by atoms with Crippen molar-refractivity contribution >= 4 is 11.3 Å². The van der Waals surface area contributed by atoms with Gasteiger partial charge in [-0.15, -0.1) is 11.3 Å². The molecule has 0 amide bonds. The minimum atomic E-state index is -0.617. The molecule has 0 spiro atoms. The van der Waals surface area contributed by atoms with E-state index in [0.717, 1.165) is 23.1 Å². The molecule has 0 saturated heterocycles. The molecule has 1 N–H and O–H groups in total. The number of fused-ring (bicyclic) bond motifs is 1. The molecular formula is C15H15F2NOS. The van der Waals surface area contributed by atoms with Gasteiger partial charge in [-0.2, -0.15) is 0 Å². The normalized spacial score (nSPS) is 20.8. The van der Waals surface area contributed by atoms with Crippen LogP contribution in [0.5, 0.6) is 0 Å². The summed E-state index contributed by atoms with van der Waals surface area (Å²) in [5, 5.41) is 10.7. The molecule has 3 rings (SSSR count). The van der Waals surface area contributed by atoms with Gasteiger partial charge in [0.2, 0.25) is 0 Å². The molecule has 1 atom stereocenters. The van der Waals surface area contributed by atoms with Gasteiger partial charge in [0.25, 0.3) is 0 Å². The number of halogens is 2. The van der Waals surface area contributed by atoms with Crippen molar-refractivity contribution < 1.29 is 13.9 Å². The van der Waals surface area contributed by atoms with Crippen molar-refractivity contribution in [3.05, 3.63) is 40.4 Å². The predicted molar refractivity (Wildman–Crippen MR) is 74.5 cm³/mol. The Morgan fingerprint density at radius 1 is 1.25 bits per heavy atom. The van der Waals surface area contributed by atoms with Crippen LogP contribution in [0.3, 0.4) is 0 Å². The van der Waals surface area contributed by atoms with Crippen LogP contribution in [-0.2, 0) is 6.42 Å². The summed E-state index contributed by atoms with van der Waals surface area (Å²) in [5.74, 6) is -1.23. The molecule has 0 saturated carbocycles. The summed E-state index contributed by atoms with van der Waals surface area (Å²) >= 11 is 1.32. The number of nitrogens with zero attached hydrogens (tertiary/aromatic N) is 1. The number of benzene rings is 1. The first-order valence-electron chi connectivity index (χ1n) is 6.48. The van der Waals surface area contributed by atoms with Crippen molar-refractivity contribution in [3.63, 3.8) is 0 Å². The number of aliphatic hydroxyl groups excluding tert-OH is 1. The Balaban J connectivity index is 2.05. The Morgan fingerprint density at radius 3 is 2.55 bits per heavy atom. The quantitative estimate of drug-likeness (QED) is 0.859. The average Bonchev–Trinajstić information content (AvgIpc) is 2.69. The van der Waals surface area contributed by atoms with Gasteiger partial charge in [-0.3, -0.25) is 0 Å². The van der Waals surface area contributed by atoms with Crippen LogP contribution >= 0.6 is 11.3 Å². The minimum Gasteiger partial charge on any atom is -0.387 e. The van der Waals surface area contributed by atoms with Gasteiger partial charge in [0.05, 0.1) is 16.7 Å². The highest BCUT2D eigenvalue weighted by Crippen LogP contribution is 2.44. The summed E-state index contributed by atoms with van der Waals surface area (Å²) in [5.41, 5.74) is 1.26. The molecule has 5 heteroatoms. The highest BCUT2D eigenvalue weighted by Gasteiger charge is 2.34. The zero-order valence-corrected chi connectivity index (χ0v) is 12.1. The molecule has 106 valence electrons.